The van der Waals surface area contributed by atoms with Crippen molar-refractivity contribution in [3.63, 3.8) is 0 Å². The highest BCUT2D eigenvalue weighted by atomic mass is 35.5. The second-order valence-corrected chi connectivity index (χ2v) is 7.31. The number of thioether (sulfide) groups is 1. The Balaban J connectivity index is 1.55. The summed E-state index contributed by atoms with van der Waals surface area (Å²) >= 11 is 7.03. The minimum absolute atomic E-state index is 0.00224. The van der Waals surface area contributed by atoms with Crippen molar-refractivity contribution in [1.82, 2.24) is 4.90 Å². The molecule has 10 heteroatoms. The molecule has 0 unspecified atom stereocenters. The van der Waals surface area contributed by atoms with Crippen LogP contribution in [0, 0.1) is 10.1 Å². The third kappa shape index (κ3) is 3.41. The predicted molar refractivity (Wildman–Crippen MR) is 102 cm³/mol. The monoisotopic (exact) mass is 418 g/mol. The smallest absolute Gasteiger partial charge is 0.293 e. The Morgan fingerprint density at radius 2 is 1.86 bits per heavy atom. The van der Waals surface area contributed by atoms with Crippen LogP contribution < -0.4 is 9.47 Å². The van der Waals surface area contributed by atoms with Crippen molar-refractivity contribution < 1.29 is 24.0 Å². The van der Waals surface area contributed by atoms with Crippen LogP contribution >= 0.6 is 23.4 Å². The first-order chi connectivity index (χ1) is 13.4. The molecule has 28 heavy (non-hydrogen) atoms. The Morgan fingerprint density at radius 1 is 1.18 bits per heavy atom. The van der Waals surface area contributed by atoms with Gasteiger partial charge in [-0.15, -0.1) is 0 Å². The Kier molecular flexibility index (Phi) is 4.70. The molecule has 0 N–H and O–H groups in total. The number of imide groups is 1. The first-order valence-corrected chi connectivity index (χ1v) is 9.19. The maximum Gasteiger partial charge on any atom is 0.293 e. The summed E-state index contributed by atoms with van der Waals surface area (Å²) in [6.07, 6.45) is 1.52. The van der Waals surface area contributed by atoms with Crippen molar-refractivity contribution in [2.75, 3.05) is 6.79 Å². The second kappa shape index (κ2) is 7.17. The highest BCUT2D eigenvalue weighted by Gasteiger charge is 2.35. The van der Waals surface area contributed by atoms with Gasteiger partial charge in [0.05, 0.1) is 16.4 Å². The fourth-order valence-corrected chi connectivity index (χ4v) is 3.78. The molecule has 142 valence electrons. The highest BCUT2D eigenvalue weighted by molar-refractivity contribution is 8.18. The van der Waals surface area contributed by atoms with Gasteiger partial charge in [0, 0.05) is 23.2 Å². The number of rotatable bonds is 4. The number of hydrogen-bond donors (Lipinski definition) is 0. The summed E-state index contributed by atoms with van der Waals surface area (Å²) in [4.78, 5) is 36.5. The van der Waals surface area contributed by atoms with Gasteiger partial charge in [-0.2, -0.15) is 0 Å². The molecule has 0 aliphatic carbocycles. The number of fused-ring (bicyclic) bond motifs is 1. The number of carbonyl (C=O) groups excluding carboxylic acids is 2. The molecule has 0 saturated carbocycles. The van der Waals surface area contributed by atoms with E-state index >= 15 is 0 Å². The van der Waals surface area contributed by atoms with E-state index < -0.39 is 16.1 Å². The van der Waals surface area contributed by atoms with Crippen molar-refractivity contribution >= 4 is 46.3 Å². The first-order valence-electron chi connectivity index (χ1n) is 8.00. The van der Waals surface area contributed by atoms with E-state index in [1.54, 1.807) is 12.1 Å². The van der Waals surface area contributed by atoms with Crippen LogP contribution in [0.2, 0.25) is 5.02 Å². The van der Waals surface area contributed by atoms with Gasteiger partial charge in [-0.25, -0.2) is 0 Å². The normalized spacial score (nSPS) is 16.9. The van der Waals surface area contributed by atoms with Gasteiger partial charge in [-0.05, 0) is 47.2 Å². The largest absolute Gasteiger partial charge is 0.454 e. The number of amides is 2. The fraction of sp³-hybridized carbons (Fsp3) is 0.111. The van der Waals surface area contributed by atoms with Crippen molar-refractivity contribution in [1.29, 1.82) is 0 Å². The van der Waals surface area contributed by atoms with E-state index in [0.717, 1.165) is 16.7 Å². The van der Waals surface area contributed by atoms with Gasteiger partial charge < -0.3 is 9.47 Å². The lowest BCUT2D eigenvalue weighted by Crippen LogP contribution is -2.27. The molecule has 1 saturated heterocycles. The number of ether oxygens (including phenoxy) is 2. The van der Waals surface area contributed by atoms with Gasteiger partial charge in [0.25, 0.3) is 16.8 Å². The zero-order valence-electron chi connectivity index (χ0n) is 14.1. The summed E-state index contributed by atoms with van der Waals surface area (Å²) in [6, 6.07) is 8.94. The summed E-state index contributed by atoms with van der Waals surface area (Å²) in [5, 5.41) is 10.7. The number of nitro benzene ring substituents is 1. The number of halogens is 1. The molecule has 4 rings (SSSR count). The molecule has 0 aromatic heterocycles. The van der Waals surface area contributed by atoms with E-state index in [1.807, 2.05) is 0 Å². The number of nitro groups is 1. The van der Waals surface area contributed by atoms with Crippen LogP contribution in [-0.4, -0.2) is 27.8 Å². The van der Waals surface area contributed by atoms with Crippen molar-refractivity contribution in [2.24, 2.45) is 0 Å². The van der Waals surface area contributed by atoms with Crippen molar-refractivity contribution in [3.8, 4) is 11.5 Å². The molecule has 2 aliphatic rings. The Labute approximate surface area is 167 Å². The Bertz CT molecular complexity index is 1040. The molecule has 1 fully saturated rings. The van der Waals surface area contributed by atoms with Crippen LogP contribution in [-0.2, 0) is 11.3 Å². The molecule has 0 atom stereocenters. The van der Waals surface area contributed by atoms with E-state index in [0.29, 0.717) is 27.6 Å². The zero-order chi connectivity index (χ0) is 19.8. The Morgan fingerprint density at radius 3 is 2.54 bits per heavy atom. The van der Waals surface area contributed by atoms with Gasteiger partial charge in [-0.3, -0.25) is 24.6 Å². The third-order valence-corrected chi connectivity index (χ3v) is 5.40. The predicted octanol–water partition coefficient (Wildman–Crippen LogP) is 4.21. The fourth-order valence-electron chi connectivity index (χ4n) is 2.73. The number of hydrogen-bond acceptors (Lipinski definition) is 7. The average molecular weight is 419 g/mol. The minimum atomic E-state index is -0.507. The maximum absolute atomic E-state index is 12.7. The van der Waals surface area contributed by atoms with Gasteiger partial charge in [0.2, 0.25) is 6.79 Å². The summed E-state index contributed by atoms with van der Waals surface area (Å²) in [7, 11) is 0. The number of nitrogens with zero attached hydrogens (tertiary/aromatic N) is 2. The molecule has 8 nitrogen and oxygen atoms in total. The summed E-state index contributed by atoms with van der Waals surface area (Å²) in [6.45, 7) is 0.0897. The molecule has 0 bridgehead atoms. The lowest BCUT2D eigenvalue weighted by Gasteiger charge is -2.14. The molecule has 0 spiro atoms. The average Bonchev–Trinajstić information content (AvgIpc) is 3.21. The van der Waals surface area contributed by atoms with E-state index in [-0.39, 0.29) is 23.9 Å². The van der Waals surface area contributed by atoms with Crippen molar-refractivity contribution in [2.45, 2.75) is 6.54 Å². The SMILES string of the molecule is O=C1S/C(=C\c2ccc([N+](=O)[O-])cc2)C(=O)N1Cc1cc2c(cc1Cl)OCO2. The van der Waals surface area contributed by atoms with E-state index in [1.165, 1.54) is 30.3 Å². The quantitative estimate of drug-likeness (QED) is 0.416. The summed E-state index contributed by atoms with van der Waals surface area (Å²) in [5.41, 5.74) is 1.09. The lowest BCUT2D eigenvalue weighted by atomic mass is 10.1. The van der Waals surface area contributed by atoms with Crippen LogP contribution in [0.15, 0.2) is 41.3 Å². The molecule has 2 amide bonds. The van der Waals surface area contributed by atoms with Gasteiger partial charge >= 0.3 is 0 Å². The zero-order valence-corrected chi connectivity index (χ0v) is 15.7. The lowest BCUT2D eigenvalue weighted by molar-refractivity contribution is -0.384. The van der Waals surface area contributed by atoms with Crippen LogP contribution in [0.3, 0.4) is 0 Å². The van der Waals surface area contributed by atoms with Gasteiger partial charge in [0.1, 0.15) is 0 Å². The molecule has 2 aliphatic heterocycles. The van der Waals surface area contributed by atoms with Crippen LogP contribution in [0.4, 0.5) is 10.5 Å². The van der Waals surface area contributed by atoms with E-state index in [2.05, 4.69) is 0 Å². The maximum atomic E-state index is 12.7. The topological polar surface area (TPSA) is 99.0 Å². The summed E-state index contributed by atoms with van der Waals surface area (Å²) in [5.74, 6) is 0.566. The molecule has 2 heterocycles. The van der Waals surface area contributed by atoms with Gasteiger partial charge in [-0.1, -0.05) is 11.6 Å². The minimum Gasteiger partial charge on any atom is -0.454 e. The standard InChI is InChI=1S/C18H11ClN2O6S/c19-13-7-15-14(26-9-27-15)6-11(13)8-20-17(22)16(28-18(20)23)5-10-1-3-12(4-2-10)21(24)25/h1-7H,8-9H2/b16-5-. The molecule has 2 aromatic rings. The number of benzene rings is 2. The molecule has 2 aromatic carbocycles. The van der Waals surface area contributed by atoms with Crippen LogP contribution in [0.1, 0.15) is 11.1 Å². The molecular weight excluding hydrogens is 408 g/mol. The van der Waals surface area contributed by atoms with Gasteiger partial charge in [0.15, 0.2) is 11.5 Å². The Hall–Kier alpha value is -3.04. The molecule has 0 radical (unpaired) electrons. The first kappa shape index (κ1) is 18.3. The number of carbonyl (C=O) groups is 2. The van der Waals surface area contributed by atoms with Crippen molar-refractivity contribution in [3.05, 3.63) is 67.6 Å². The van der Waals surface area contributed by atoms with Crippen LogP contribution in [0.5, 0.6) is 11.5 Å². The van der Waals surface area contributed by atoms with Crippen LogP contribution in [0.25, 0.3) is 6.08 Å². The number of non-ortho nitro benzene ring substituents is 1. The highest BCUT2D eigenvalue weighted by Crippen LogP contribution is 2.39. The third-order valence-electron chi connectivity index (χ3n) is 4.15. The second-order valence-electron chi connectivity index (χ2n) is 5.91. The van der Waals surface area contributed by atoms with E-state index in [4.69, 9.17) is 21.1 Å². The molecular formula is C18H11ClN2O6S. The summed E-state index contributed by atoms with van der Waals surface area (Å²) < 4.78 is 10.5. The van der Waals surface area contributed by atoms with E-state index in [9.17, 15) is 19.7 Å².